The minimum absolute atomic E-state index is 0.0492. The van der Waals surface area contributed by atoms with Crippen LogP contribution in [0.15, 0.2) is 29.6 Å². The lowest BCUT2D eigenvalue weighted by atomic mass is 10.1. The quantitative estimate of drug-likeness (QED) is 0.846. The van der Waals surface area contributed by atoms with Gasteiger partial charge in [-0.15, -0.1) is 11.3 Å². The summed E-state index contributed by atoms with van der Waals surface area (Å²) in [4.78, 5) is 18.4. The molecule has 2 rings (SSSR count). The topological polar surface area (TPSA) is 45.2 Å². The number of carbonyl (C=O) groups excluding carboxylic acids is 1. The zero-order valence-electron chi connectivity index (χ0n) is 14.3. The van der Waals surface area contributed by atoms with Crippen molar-refractivity contribution < 1.29 is 4.79 Å². The average Bonchev–Trinajstić information content (AvgIpc) is 2.94. The van der Waals surface area contributed by atoms with Gasteiger partial charge in [-0.25, -0.2) is 4.98 Å². The standard InChI is InChI=1S/C18H25N3OS/c1-5-14-6-8-15(9-7-14)18-20-16(12-23-18)10-21(4)11-17(22)19-13(2)3/h6-9,12-13H,5,10-11H2,1-4H3,(H,19,22). The SMILES string of the molecule is CCc1ccc(-c2nc(CN(C)CC(=O)NC(C)C)cs2)cc1. The van der Waals surface area contributed by atoms with E-state index in [1.54, 1.807) is 11.3 Å². The molecular weight excluding hydrogens is 306 g/mol. The van der Waals surface area contributed by atoms with Crippen LogP contribution in [0.2, 0.25) is 0 Å². The van der Waals surface area contributed by atoms with Crippen LogP contribution >= 0.6 is 11.3 Å². The zero-order chi connectivity index (χ0) is 16.8. The molecule has 0 aliphatic rings. The number of hydrogen-bond acceptors (Lipinski definition) is 4. The van der Waals surface area contributed by atoms with Crippen LogP contribution in [-0.4, -0.2) is 35.4 Å². The third-order valence-electron chi connectivity index (χ3n) is 3.46. The number of likely N-dealkylation sites (N-methyl/N-ethyl adjacent to an activating group) is 1. The van der Waals surface area contributed by atoms with E-state index in [2.05, 4.69) is 46.9 Å². The molecule has 124 valence electrons. The van der Waals surface area contributed by atoms with Crippen LogP contribution < -0.4 is 5.32 Å². The van der Waals surface area contributed by atoms with Crippen LogP contribution in [-0.2, 0) is 17.8 Å². The highest BCUT2D eigenvalue weighted by molar-refractivity contribution is 7.13. The van der Waals surface area contributed by atoms with Crippen molar-refractivity contribution in [3.05, 3.63) is 40.9 Å². The molecule has 4 nitrogen and oxygen atoms in total. The van der Waals surface area contributed by atoms with Crippen LogP contribution in [0.3, 0.4) is 0 Å². The van der Waals surface area contributed by atoms with Gasteiger partial charge < -0.3 is 5.32 Å². The van der Waals surface area contributed by atoms with E-state index in [9.17, 15) is 4.79 Å². The molecule has 2 aromatic rings. The molecule has 0 bridgehead atoms. The van der Waals surface area contributed by atoms with Gasteiger partial charge in [0.2, 0.25) is 5.91 Å². The second-order valence-electron chi connectivity index (χ2n) is 6.09. The van der Waals surface area contributed by atoms with E-state index in [1.807, 2.05) is 25.8 Å². The summed E-state index contributed by atoms with van der Waals surface area (Å²) in [7, 11) is 1.94. The Balaban J connectivity index is 1.94. The van der Waals surface area contributed by atoms with Gasteiger partial charge in [0.05, 0.1) is 12.2 Å². The lowest BCUT2D eigenvalue weighted by molar-refractivity contribution is -0.122. The van der Waals surface area contributed by atoms with E-state index < -0.39 is 0 Å². The number of nitrogens with zero attached hydrogens (tertiary/aromatic N) is 2. The third-order valence-corrected chi connectivity index (χ3v) is 4.40. The number of hydrogen-bond donors (Lipinski definition) is 1. The first kappa shape index (κ1) is 17.6. The molecule has 1 N–H and O–H groups in total. The molecule has 0 saturated carbocycles. The van der Waals surface area contributed by atoms with Gasteiger partial charge in [-0.05, 0) is 32.9 Å². The molecule has 0 aliphatic carbocycles. The summed E-state index contributed by atoms with van der Waals surface area (Å²) in [6, 6.07) is 8.73. The second kappa shape index (κ2) is 8.22. The smallest absolute Gasteiger partial charge is 0.234 e. The maximum atomic E-state index is 11.8. The number of nitrogens with one attached hydrogen (secondary N) is 1. The highest BCUT2D eigenvalue weighted by Gasteiger charge is 2.11. The van der Waals surface area contributed by atoms with Gasteiger partial charge in [-0.2, -0.15) is 0 Å². The summed E-state index contributed by atoms with van der Waals surface area (Å²) in [5.41, 5.74) is 3.49. The van der Waals surface area contributed by atoms with Crippen molar-refractivity contribution in [2.75, 3.05) is 13.6 Å². The van der Waals surface area contributed by atoms with Gasteiger partial charge >= 0.3 is 0 Å². The fourth-order valence-corrected chi connectivity index (χ4v) is 3.16. The summed E-state index contributed by atoms with van der Waals surface area (Å²) in [5, 5.41) is 6.00. The maximum Gasteiger partial charge on any atom is 0.234 e. The molecule has 1 amide bonds. The lowest BCUT2D eigenvalue weighted by Gasteiger charge is -2.16. The normalized spacial score (nSPS) is 11.2. The summed E-state index contributed by atoms with van der Waals surface area (Å²) >= 11 is 1.65. The Bertz CT molecular complexity index is 634. The fourth-order valence-electron chi connectivity index (χ4n) is 2.34. The van der Waals surface area contributed by atoms with E-state index in [-0.39, 0.29) is 11.9 Å². The number of benzene rings is 1. The molecule has 0 aliphatic heterocycles. The number of carbonyl (C=O) groups is 1. The van der Waals surface area contributed by atoms with Crippen LogP contribution in [0.5, 0.6) is 0 Å². The van der Waals surface area contributed by atoms with Gasteiger partial charge in [0.1, 0.15) is 5.01 Å². The summed E-state index contributed by atoms with van der Waals surface area (Å²) in [6.45, 7) is 7.15. The first-order valence-corrected chi connectivity index (χ1v) is 8.87. The van der Waals surface area contributed by atoms with Crippen molar-refractivity contribution in [2.45, 2.75) is 39.8 Å². The summed E-state index contributed by atoms with van der Waals surface area (Å²) in [5.74, 6) is 0.0492. The second-order valence-corrected chi connectivity index (χ2v) is 6.95. The van der Waals surface area contributed by atoms with Crippen LogP contribution in [0.1, 0.15) is 32.0 Å². The van der Waals surface area contributed by atoms with Gasteiger partial charge in [-0.3, -0.25) is 9.69 Å². The third kappa shape index (κ3) is 5.44. The highest BCUT2D eigenvalue weighted by atomic mass is 32.1. The average molecular weight is 331 g/mol. The Hall–Kier alpha value is -1.72. The van der Waals surface area contributed by atoms with E-state index >= 15 is 0 Å². The van der Waals surface area contributed by atoms with Crippen LogP contribution in [0, 0.1) is 0 Å². The highest BCUT2D eigenvalue weighted by Crippen LogP contribution is 2.24. The summed E-state index contributed by atoms with van der Waals surface area (Å²) < 4.78 is 0. The molecule has 0 atom stereocenters. The van der Waals surface area contributed by atoms with Crippen molar-refractivity contribution in [3.8, 4) is 10.6 Å². The van der Waals surface area contributed by atoms with E-state index in [0.717, 1.165) is 22.7 Å². The largest absolute Gasteiger partial charge is 0.353 e. The van der Waals surface area contributed by atoms with Gasteiger partial charge in [0.25, 0.3) is 0 Å². The Labute approximate surface area is 142 Å². The minimum atomic E-state index is 0.0492. The number of rotatable bonds is 7. The molecule has 1 aromatic heterocycles. The fraction of sp³-hybridized carbons (Fsp3) is 0.444. The Morgan fingerprint density at radius 2 is 2.00 bits per heavy atom. The summed E-state index contributed by atoms with van der Waals surface area (Å²) in [6.07, 6.45) is 1.05. The molecule has 1 heterocycles. The number of aryl methyl sites for hydroxylation is 1. The van der Waals surface area contributed by atoms with E-state index in [0.29, 0.717) is 13.1 Å². The number of thiazole rings is 1. The van der Waals surface area contributed by atoms with Gasteiger partial charge in [0, 0.05) is 23.5 Å². The monoisotopic (exact) mass is 331 g/mol. The Morgan fingerprint density at radius 3 is 2.61 bits per heavy atom. The first-order valence-electron chi connectivity index (χ1n) is 7.99. The van der Waals surface area contributed by atoms with Crippen molar-refractivity contribution >= 4 is 17.2 Å². The molecule has 23 heavy (non-hydrogen) atoms. The molecule has 0 unspecified atom stereocenters. The number of amides is 1. The molecule has 5 heteroatoms. The molecule has 1 aromatic carbocycles. The van der Waals surface area contributed by atoms with Gasteiger partial charge in [0.15, 0.2) is 0 Å². The molecular formula is C18H25N3OS. The zero-order valence-corrected chi connectivity index (χ0v) is 15.1. The molecule has 0 spiro atoms. The van der Waals surface area contributed by atoms with Crippen molar-refractivity contribution in [1.82, 2.24) is 15.2 Å². The molecule has 0 fully saturated rings. The van der Waals surface area contributed by atoms with Gasteiger partial charge in [-0.1, -0.05) is 31.2 Å². The predicted octanol–water partition coefficient (Wildman–Crippen LogP) is 3.33. The van der Waals surface area contributed by atoms with Crippen LogP contribution in [0.25, 0.3) is 10.6 Å². The Kier molecular flexibility index (Phi) is 6.30. The van der Waals surface area contributed by atoms with Crippen molar-refractivity contribution in [2.24, 2.45) is 0 Å². The van der Waals surface area contributed by atoms with Crippen molar-refractivity contribution in [1.29, 1.82) is 0 Å². The van der Waals surface area contributed by atoms with E-state index in [1.165, 1.54) is 5.56 Å². The first-order chi connectivity index (χ1) is 11.0. The van der Waals surface area contributed by atoms with E-state index in [4.69, 9.17) is 0 Å². The maximum absolute atomic E-state index is 11.8. The minimum Gasteiger partial charge on any atom is -0.353 e. The molecule has 0 saturated heterocycles. The Morgan fingerprint density at radius 1 is 1.30 bits per heavy atom. The lowest BCUT2D eigenvalue weighted by Crippen LogP contribution is -2.38. The van der Waals surface area contributed by atoms with Crippen LogP contribution in [0.4, 0.5) is 0 Å². The van der Waals surface area contributed by atoms with Crippen molar-refractivity contribution in [3.63, 3.8) is 0 Å². The molecule has 0 radical (unpaired) electrons. The number of aromatic nitrogens is 1. The predicted molar refractivity (Wildman–Crippen MR) is 96.5 cm³/mol.